The summed E-state index contributed by atoms with van der Waals surface area (Å²) in [7, 11) is 0. The molecule has 60 valence electrons. The lowest BCUT2D eigenvalue weighted by Crippen LogP contribution is -1.85. The third-order valence-corrected chi connectivity index (χ3v) is 1.62. The maximum absolute atomic E-state index is 10.4. The standard InChI is InChI=1S/C10H9NO/c1-8-2-4-9(5-3-8)10(6-11)7-12/h2-5,7,11H,1H3. The van der Waals surface area contributed by atoms with Crippen molar-refractivity contribution in [3.05, 3.63) is 35.4 Å². The minimum Gasteiger partial charge on any atom is -0.297 e. The molecule has 0 aliphatic heterocycles. The zero-order chi connectivity index (χ0) is 8.97. The molecule has 0 saturated heterocycles. The Kier molecular flexibility index (Phi) is 2.57. The quantitative estimate of drug-likeness (QED) is 0.399. The van der Waals surface area contributed by atoms with Gasteiger partial charge >= 0.3 is 0 Å². The van der Waals surface area contributed by atoms with Gasteiger partial charge < -0.3 is 0 Å². The molecule has 0 unspecified atom stereocenters. The zero-order valence-electron chi connectivity index (χ0n) is 6.79. The van der Waals surface area contributed by atoms with Crippen LogP contribution < -0.4 is 0 Å². The van der Waals surface area contributed by atoms with Crippen LogP contribution in [0.25, 0.3) is 5.57 Å². The predicted octanol–water partition coefficient (Wildman–Crippen LogP) is 1.83. The molecule has 0 bridgehead atoms. The van der Waals surface area contributed by atoms with Gasteiger partial charge in [-0.15, -0.1) is 0 Å². The summed E-state index contributed by atoms with van der Waals surface area (Å²) in [5.74, 6) is 2.09. The predicted molar refractivity (Wildman–Crippen MR) is 48.4 cm³/mol. The third-order valence-electron chi connectivity index (χ3n) is 1.62. The van der Waals surface area contributed by atoms with Gasteiger partial charge in [0.2, 0.25) is 0 Å². The van der Waals surface area contributed by atoms with Crippen molar-refractivity contribution in [2.45, 2.75) is 6.92 Å². The minimum atomic E-state index is 0.287. The number of carbonyl (C=O) groups excluding carboxylic acids is 1. The molecular weight excluding hydrogens is 150 g/mol. The minimum absolute atomic E-state index is 0.287. The molecule has 1 aromatic carbocycles. The van der Waals surface area contributed by atoms with E-state index in [9.17, 15) is 4.79 Å². The van der Waals surface area contributed by atoms with Gasteiger partial charge in [-0.3, -0.25) is 10.2 Å². The lowest BCUT2D eigenvalue weighted by molar-refractivity contribution is -0.103. The highest BCUT2D eigenvalue weighted by atomic mass is 16.1. The van der Waals surface area contributed by atoms with E-state index in [0.717, 1.165) is 11.1 Å². The van der Waals surface area contributed by atoms with Crippen LogP contribution in [0.15, 0.2) is 24.3 Å². The SMILES string of the molecule is Cc1ccc(C(=C=N)C=O)cc1. The molecule has 0 radical (unpaired) electrons. The van der Waals surface area contributed by atoms with Crippen molar-refractivity contribution in [2.24, 2.45) is 0 Å². The average molecular weight is 159 g/mol. The fourth-order valence-electron chi connectivity index (χ4n) is 0.903. The van der Waals surface area contributed by atoms with Crippen LogP contribution >= 0.6 is 0 Å². The Morgan fingerprint density at radius 2 is 2.00 bits per heavy atom. The van der Waals surface area contributed by atoms with Crippen molar-refractivity contribution >= 4 is 17.7 Å². The molecule has 0 heterocycles. The number of carbonyl (C=O) groups is 1. The molecule has 0 amide bonds. The van der Waals surface area contributed by atoms with Crippen LogP contribution in [0.4, 0.5) is 0 Å². The van der Waals surface area contributed by atoms with E-state index in [4.69, 9.17) is 5.41 Å². The van der Waals surface area contributed by atoms with Crippen molar-refractivity contribution in [3.63, 3.8) is 0 Å². The molecule has 2 heteroatoms. The van der Waals surface area contributed by atoms with Gasteiger partial charge in [-0.05, 0) is 18.4 Å². The maximum atomic E-state index is 10.4. The molecule has 0 atom stereocenters. The second-order valence-electron chi connectivity index (χ2n) is 2.52. The first-order valence-electron chi connectivity index (χ1n) is 3.60. The van der Waals surface area contributed by atoms with Crippen molar-refractivity contribution in [3.8, 4) is 0 Å². The number of hydrogen-bond acceptors (Lipinski definition) is 2. The summed E-state index contributed by atoms with van der Waals surface area (Å²) in [6.45, 7) is 1.97. The summed E-state index contributed by atoms with van der Waals surface area (Å²) >= 11 is 0. The van der Waals surface area contributed by atoms with Crippen molar-refractivity contribution < 1.29 is 4.79 Å². The molecule has 0 aromatic heterocycles. The average Bonchev–Trinajstić information content (AvgIpc) is 2.10. The molecule has 2 nitrogen and oxygen atoms in total. The first kappa shape index (κ1) is 8.44. The summed E-state index contributed by atoms with van der Waals surface area (Å²) < 4.78 is 0. The number of rotatable bonds is 2. The molecule has 0 aliphatic rings. The number of nitrogens with one attached hydrogen (secondary N) is 1. The molecule has 0 aliphatic carbocycles. The third kappa shape index (κ3) is 1.68. The maximum Gasteiger partial charge on any atom is 0.159 e. The second kappa shape index (κ2) is 3.65. The second-order valence-corrected chi connectivity index (χ2v) is 2.52. The van der Waals surface area contributed by atoms with Crippen molar-refractivity contribution in [1.29, 1.82) is 5.41 Å². The van der Waals surface area contributed by atoms with E-state index in [1.54, 1.807) is 12.1 Å². The first-order valence-corrected chi connectivity index (χ1v) is 3.60. The van der Waals surface area contributed by atoms with Crippen LogP contribution in [0.5, 0.6) is 0 Å². The Morgan fingerprint density at radius 1 is 1.42 bits per heavy atom. The van der Waals surface area contributed by atoms with E-state index in [2.05, 4.69) is 5.87 Å². The topological polar surface area (TPSA) is 40.9 Å². The summed E-state index contributed by atoms with van der Waals surface area (Å²) in [5.41, 5.74) is 2.16. The van der Waals surface area contributed by atoms with Crippen LogP contribution in [0.3, 0.4) is 0 Å². The number of benzene rings is 1. The van der Waals surface area contributed by atoms with Gasteiger partial charge in [0.05, 0.1) is 5.57 Å². The van der Waals surface area contributed by atoms with E-state index in [1.165, 1.54) is 0 Å². The Hall–Kier alpha value is -1.66. The monoisotopic (exact) mass is 159 g/mol. The smallest absolute Gasteiger partial charge is 0.159 e. The van der Waals surface area contributed by atoms with E-state index in [-0.39, 0.29) is 5.57 Å². The Labute approximate surface area is 71.0 Å². The number of aldehydes is 1. The van der Waals surface area contributed by atoms with Gasteiger partial charge in [0.15, 0.2) is 6.29 Å². The summed E-state index contributed by atoms with van der Waals surface area (Å²) in [4.78, 5) is 10.4. The normalized spacial score (nSPS) is 8.75. The first-order chi connectivity index (χ1) is 5.77. The Balaban J connectivity index is 3.12. The Bertz CT molecular complexity index is 331. The molecular formula is C10H9NO. The number of aryl methyl sites for hydroxylation is 1. The molecule has 0 saturated carbocycles. The van der Waals surface area contributed by atoms with Crippen molar-refractivity contribution in [1.82, 2.24) is 0 Å². The molecule has 1 N–H and O–H groups in total. The fraction of sp³-hybridized carbons (Fsp3) is 0.100. The summed E-state index contributed by atoms with van der Waals surface area (Å²) in [6.07, 6.45) is 0.637. The van der Waals surface area contributed by atoms with Gasteiger partial charge in [-0.1, -0.05) is 29.8 Å². The summed E-state index contributed by atoms with van der Waals surface area (Å²) in [5, 5.41) is 6.83. The highest BCUT2D eigenvalue weighted by Gasteiger charge is 1.97. The fourth-order valence-corrected chi connectivity index (χ4v) is 0.903. The van der Waals surface area contributed by atoms with Gasteiger partial charge in [-0.2, -0.15) is 0 Å². The molecule has 0 spiro atoms. The lowest BCUT2D eigenvalue weighted by Gasteiger charge is -1.96. The number of allylic oxidation sites excluding steroid dienone is 1. The van der Waals surface area contributed by atoms with Gasteiger partial charge in [0.1, 0.15) is 0 Å². The molecule has 0 fully saturated rings. The van der Waals surface area contributed by atoms with Crippen LogP contribution in [-0.4, -0.2) is 12.2 Å². The molecule has 1 aromatic rings. The molecule has 12 heavy (non-hydrogen) atoms. The highest BCUT2D eigenvalue weighted by molar-refractivity contribution is 6.17. The van der Waals surface area contributed by atoms with Crippen molar-refractivity contribution in [2.75, 3.05) is 0 Å². The zero-order valence-corrected chi connectivity index (χ0v) is 6.79. The van der Waals surface area contributed by atoms with E-state index in [0.29, 0.717) is 6.29 Å². The largest absolute Gasteiger partial charge is 0.297 e. The van der Waals surface area contributed by atoms with E-state index < -0.39 is 0 Å². The van der Waals surface area contributed by atoms with Gasteiger partial charge in [0, 0.05) is 0 Å². The lowest BCUT2D eigenvalue weighted by atomic mass is 10.1. The van der Waals surface area contributed by atoms with E-state index >= 15 is 0 Å². The van der Waals surface area contributed by atoms with Gasteiger partial charge in [-0.25, -0.2) is 0 Å². The molecule has 1 rings (SSSR count). The van der Waals surface area contributed by atoms with Crippen LogP contribution in [0.1, 0.15) is 11.1 Å². The van der Waals surface area contributed by atoms with Crippen LogP contribution in [-0.2, 0) is 4.79 Å². The van der Waals surface area contributed by atoms with E-state index in [1.807, 2.05) is 19.1 Å². The number of hydrogen-bond donors (Lipinski definition) is 1. The van der Waals surface area contributed by atoms with Crippen LogP contribution in [0.2, 0.25) is 0 Å². The Morgan fingerprint density at radius 3 is 2.42 bits per heavy atom. The summed E-state index contributed by atoms with van der Waals surface area (Å²) in [6, 6.07) is 7.41. The van der Waals surface area contributed by atoms with Gasteiger partial charge in [0.25, 0.3) is 0 Å². The highest BCUT2D eigenvalue weighted by Crippen LogP contribution is 2.09. The van der Waals surface area contributed by atoms with Crippen LogP contribution in [0, 0.1) is 12.3 Å².